The van der Waals surface area contributed by atoms with Crippen molar-refractivity contribution in [3.63, 3.8) is 0 Å². The number of methoxy groups -OCH3 is 1. The highest BCUT2D eigenvalue weighted by atomic mass is 32.1. The van der Waals surface area contributed by atoms with Crippen LogP contribution in [0, 0.1) is 0 Å². The molecule has 2 aromatic heterocycles. The van der Waals surface area contributed by atoms with E-state index in [0.717, 1.165) is 29.8 Å². The summed E-state index contributed by atoms with van der Waals surface area (Å²) in [5.41, 5.74) is -0.234. The Labute approximate surface area is 158 Å². The molecule has 1 amide bonds. The number of ether oxygens (including phenoxy) is 2. The fraction of sp³-hybridized carbons (Fsp3) is 0.333. The molecule has 3 heterocycles. The Balaban J connectivity index is 1.48. The molecule has 1 aliphatic heterocycles. The minimum atomic E-state index is -0.333. The van der Waals surface area contributed by atoms with Gasteiger partial charge >= 0.3 is 0 Å². The molecule has 1 saturated heterocycles. The lowest BCUT2D eigenvalue weighted by molar-refractivity contribution is -0.116. The van der Waals surface area contributed by atoms with Crippen molar-refractivity contribution < 1.29 is 14.3 Å². The summed E-state index contributed by atoms with van der Waals surface area (Å²) in [6.45, 7) is 0.623. The summed E-state index contributed by atoms with van der Waals surface area (Å²) in [6.07, 6.45) is 3.48. The van der Waals surface area contributed by atoms with Crippen LogP contribution in [0.1, 0.15) is 24.0 Å². The van der Waals surface area contributed by atoms with E-state index in [2.05, 4.69) is 15.5 Å². The van der Waals surface area contributed by atoms with Crippen molar-refractivity contribution in [1.29, 1.82) is 0 Å². The van der Waals surface area contributed by atoms with Crippen molar-refractivity contribution in [1.82, 2.24) is 14.8 Å². The van der Waals surface area contributed by atoms with Crippen LogP contribution in [0.25, 0.3) is 10.8 Å². The second-order valence-corrected chi connectivity index (χ2v) is 7.21. The van der Waals surface area contributed by atoms with Gasteiger partial charge in [0, 0.05) is 18.2 Å². The third-order valence-electron chi connectivity index (χ3n) is 4.39. The molecule has 0 radical (unpaired) electrons. The molecule has 140 valence electrons. The predicted octanol–water partition coefficient (Wildman–Crippen LogP) is 2.35. The van der Waals surface area contributed by atoms with E-state index in [9.17, 15) is 9.59 Å². The third-order valence-corrected chi connectivity index (χ3v) is 5.32. The molecule has 27 heavy (non-hydrogen) atoms. The maximum Gasteiger partial charge on any atom is 0.258 e. The number of hydrogen-bond donors (Lipinski definition) is 1. The van der Waals surface area contributed by atoms with E-state index in [1.165, 1.54) is 15.9 Å². The van der Waals surface area contributed by atoms with Gasteiger partial charge in [-0.05, 0) is 42.5 Å². The van der Waals surface area contributed by atoms with Gasteiger partial charge in [0.25, 0.3) is 5.56 Å². The number of amides is 1. The molecule has 8 nitrogen and oxygen atoms in total. The molecule has 1 unspecified atom stereocenters. The maximum atomic E-state index is 12.6. The topological polar surface area (TPSA) is 95.3 Å². The second kappa shape index (κ2) is 7.45. The lowest BCUT2D eigenvalue weighted by Crippen LogP contribution is -2.27. The Morgan fingerprint density at radius 3 is 3.07 bits per heavy atom. The first-order valence-electron chi connectivity index (χ1n) is 8.56. The number of carbonyl (C=O) groups is 1. The summed E-state index contributed by atoms with van der Waals surface area (Å²) in [4.78, 5) is 24.9. The van der Waals surface area contributed by atoms with Crippen LogP contribution >= 0.6 is 11.3 Å². The quantitative estimate of drug-likeness (QED) is 0.723. The predicted molar refractivity (Wildman–Crippen MR) is 101 cm³/mol. The van der Waals surface area contributed by atoms with Crippen molar-refractivity contribution in [3.05, 3.63) is 45.8 Å². The molecule has 1 fully saturated rings. The fourth-order valence-corrected chi connectivity index (χ4v) is 3.86. The van der Waals surface area contributed by atoms with Crippen LogP contribution in [-0.2, 0) is 16.1 Å². The zero-order valence-corrected chi connectivity index (χ0v) is 15.5. The molecule has 0 aliphatic carbocycles. The smallest absolute Gasteiger partial charge is 0.258 e. The van der Waals surface area contributed by atoms with E-state index in [1.807, 2.05) is 0 Å². The van der Waals surface area contributed by atoms with Gasteiger partial charge < -0.3 is 14.0 Å². The van der Waals surface area contributed by atoms with E-state index in [4.69, 9.17) is 9.47 Å². The highest BCUT2D eigenvalue weighted by Crippen LogP contribution is 2.31. The number of hydrogen-bond acceptors (Lipinski definition) is 7. The summed E-state index contributed by atoms with van der Waals surface area (Å²) < 4.78 is 12.1. The lowest BCUT2D eigenvalue weighted by atomic mass is 10.1. The van der Waals surface area contributed by atoms with Crippen LogP contribution in [0.3, 0.4) is 0 Å². The lowest BCUT2D eigenvalue weighted by Gasteiger charge is -2.08. The Morgan fingerprint density at radius 1 is 1.41 bits per heavy atom. The normalized spacial score (nSPS) is 16.6. The van der Waals surface area contributed by atoms with Gasteiger partial charge in [0.05, 0.1) is 7.11 Å². The number of anilines is 1. The molecule has 1 atom stereocenters. The van der Waals surface area contributed by atoms with Gasteiger partial charge in [0.15, 0.2) is 0 Å². The number of rotatable bonds is 5. The molecule has 0 bridgehead atoms. The molecule has 1 aromatic carbocycles. The highest BCUT2D eigenvalue weighted by molar-refractivity contribution is 7.15. The van der Waals surface area contributed by atoms with Crippen LogP contribution in [0.2, 0.25) is 0 Å². The molecule has 4 rings (SSSR count). The summed E-state index contributed by atoms with van der Waals surface area (Å²) in [6, 6.07) is 6.99. The first kappa shape index (κ1) is 17.6. The molecule has 3 aromatic rings. The van der Waals surface area contributed by atoms with Crippen molar-refractivity contribution >= 4 is 33.1 Å². The van der Waals surface area contributed by atoms with Crippen LogP contribution in [0.15, 0.2) is 35.3 Å². The number of carbonyl (C=O) groups excluding carboxylic acids is 1. The van der Waals surface area contributed by atoms with Crippen LogP contribution in [0.5, 0.6) is 5.75 Å². The van der Waals surface area contributed by atoms with Gasteiger partial charge in [-0.2, -0.15) is 0 Å². The Hall–Kier alpha value is -2.78. The number of fused-ring (bicyclic) bond motifs is 1. The van der Waals surface area contributed by atoms with E-state index in [0.29, 0.717) is 16.3 Å². The molecular formula is C18H18N4O4S. The maximum absolute atomic E-state index is 12.6. The Kier molecular flexibility index (Phi) is 4.87. The van der Waals surface area contributed by atoms with Crippen molar-refractivity contribution in [2.45, 2.75) is 25.5 Å². The van der Waals surface area contributed by atoms with Crippen LogP contribution in [0.4, 0.5) is 5.13 Å². The minimum absolute atomic E-state index is 0.0340. The number of nitrogens with zero attached hydrogens (tertiary/aromatic N) is 3. The Morgan fingerprint density at radius 2 is 2.30 bits per heavy atom. The second-order valence-electron chi connectivity index (χ2n) is 6.20. The number of benzene rings is 1. The van der Waals surface area contributed by atoms with Crippen molar-refractivity contribution in [2.24, 2.45) is 0 Å². The summed E-state index contributed by atoms with van der Waals surface area (Å²) in [5.74, 6) is 0.343. The average Bonchev–Trinajstić information content (AvgIpc) is 3.35. The molecule has 1 N–H and O–H groups in total. The minimum Gasteiger partial charge on any atom is -0.497 e. The number of aromatic nitrogens is 3. The SMILES string of the molecule is COc1ccc2c(=O)n(CC(=O)Nc3nnc(C4CCCO4)s3)ccc2c1. The molecule has 0 spiro atoms. The van der Waals surface area contributed by atoms with Gasteiger partial charge in [-0.1, -0.05) is 11.3 Å². The monoisotopic (exact) mass is 386 g/mol. The van der Waals surface area contributed by atoms with Gasteiger partial charge in [-0.25, -0.2) is 0 Å². The van der Waals surface area contributed by atoms with Gasteiger partial charge in [-0.3, -0.25) is 14.9 Å². The number of nitrogens with one attached hydrogen (secondary N) is 1. The van der Waals surface area contributed by atoms with E-state index >= 15 is 0 Å². The van der Waals surface area contributed by atoms with Crippen molar-refractivity contribution in [3.8, 4) is 5.75 Å². The van der Waals surface area contributed by atoms with Gasteiger partial charge in [0.1, 0.15) is 23.4 Å². The summed E-state index contributed by atoms with van der Waals surface area (Å²) >= 11 is 1.30. The zero-order valence-electron chi connectivity index (χ0n) is 14.7. The van der Waals surface area contributed by atoms with Crippen LogP contribution in [-0.4, -0.2) is 34.4 Å². The standard InChI is InChI=1S/C18H18N4O4S/c1-25-12-4-5-13-11(9-12)6-7-22(17(13)24)10-15(23)19-18-21-20-16(27-18)14-3-2-8-26-14/h4-7,9,14H,2-3,8,10H2,1H3,(H,19,21,23). The molecule has 0 saturated carbocycles. The first-order chi connectivity index (χ1) is 13.1. The largest absolute Gasteiger partial charge is 0.497 e. The Bertz CT molecular complexity index is 1040. The highest BCUT2D eigenvalue weighted by Gasteiger charge is 2.22. The fourth-order valence-electron chi connectivity index (χ4n) is 3.02. The first-order valence-corrected chi connectivity index (χ1v) is 9.38. The molecular weight excluding hydrogens is 368 g/mol. The third kappa shape index (κ3) is 3.69. The molecule has 9 heteroatoms. The van der Waals surface area contributed by atoms with E-state index < -0.39 is 0 Å². The van der Waals surface area contributed by atoms with E-state index in [-0.39, 0.29) is 24.1 Å². The van der Waals surface area contributed by atoms with Gasteiger partial charge in [0.2, 0.25) is 11.0 Å². The van der Waals surface area contributed by atoms with Gasteiger partial charge in [-0.15, -0.1) is 10.2 Å². The van der Waals surface area contributed by atoms with Crippen molar-refractivity contribution in [2.75, 3.05) is 19.0 Å². The van der Waals surface area contributed by atoms with E-state index in [1.54, 1.807) is 37.6 Å². The summed E-state index contributed by atoms with van der Waals surface area (Å²) in [7, 11) is 1.57. The zero-order chi connectivity index (χ0) is 18.8. The molecule has 1 aliphatic rings. The summed E-state index contributed by atoms with van der Waals surface area (Å²) in [5, 5.41) is 13.2. The average molecular weight is 386 g/mol. The van der Waals surface area contributed by atoms with Crippen LogP contribution < -0.4 is 15.6 Å². The number of pyridine rings is 1.